The first-order valence-corrected chi connectivity index (χ1v) is 15.0. The molecule has 0 aliphatic rings. The summed E-state index contributed by atoms with van der Waals surface area (Å²) in [7, 11) is 0. The molecule has 0 saturated carbocycles. The van der Waals surface area contributed by atoms with Gasteiger partial charge in [-0.15, -0.1) is 0 Å². The minimum atomic E-state index is -1.07. The van der Waals surface area contributed by atoms with Gasteiger partial charge in [-0.1, -0.05) is 109 Å². The Balaban J connectivity index is 1.33. The fourth-order valence-corrected chi connectivity index (χ4v) is 6.18. The molecular formula is C48H30N2O. The van der Waals surface area contributed by atoms with Gasteiger partial charge in [-0.25, -0.2) is 0 Å². The summed E-state index contributed by atoms with van der Waals surface area (Å²) in [5, 5.41) is -3.58. The fourth-order valence-electron chi connectivity index (χ4n) is 6.18. The molecular weight excluding hydrogens is 621 g/mol. The molecule has 0 saturated heterocycles. The molecule has 3 heterocycles. The number of rotatable bonds is 4. The van der Waals surface area contributed by atoms with E-state index in [9.17, 15) is 16.4 Å². The minimum Gasteiger partial charge on any atom is -0.456 e. The van der Waals surface area contributed by atoms with E-state index in [2.05, 4.69) is 0 Å². The molecule has 3 heteroatoms. The summed E-state index contributed by atoms with van der Waals surface area (Å²) in [5.41, 5.74) is -8.47. The molecule has 0 unspecified atom stereocenters. The van der Waals surface area contributed by atoms with Crippen molar-refractivity contribution in [3.8, 4) is 33.6 Å². The topological polar surface area (TPSA) is 23.0 Å². The van der Waals surface area contributed by atoms with E-state index in [4.69, 9.17) is 29.1 Å². The van der Waals surface area contributed by atoms with Crippen LogP contribution in [-0.2, 0) is 0 Å². The summed E-state index contributed by atoms with van der Waals surface area (Å²) in [6, 6.07) is -27.5. The predicted molar refractivity (Wildman–Crippen MR) is 213 cm³/mol. The number of furan rings is 1. The maximum absolute atomic E-state index is 9.95. The number of nitrogens with zero attached hydrogens (tertiary/aromatic N) is 2. The van der Waals surface area contributed by atoms with Crippen LogP contribution in [0.5, 0.6) is 0 Å². The van der Waals surface area contributed by atoms with Gasteiger partial charge in [-0.05, 0) is 94.8 Å². The molecule has 11 rings (SSSR count). The van der Waals surface area contributed by atoms with Gasteiger partial charge in [0.05, 0.1) is 74.3 Å². The van der Waals surface area contributed by atoms with Gasteiger partial charge < -0.3 is 13.6 Å². The lowest BCUT2D eigenvalue weighted by atomic mass is 10.0. The monoisotopic (exact) mass is 680 g/mol. The van der Waals surface area contributed by atoms with Crippen LogP contribution in [-0.4, -0.2) is 9.13 Å². The van der Waals surface area contributed by atoms with Crippen molar-refractivity contribution in [3.05, 3.63) is 181 Å². The van der Waals surface area contributed by atoms with Crippen LogP contribution in [0.15, 0.2) is 186 Å². The largest absolute Gasteiger partial charge is 0.456 e. The van der Waals surface area contributed by atoms with Crippen LogP contribution < -0.4 is 0 Å². The van der Waals surface area contributed by atoms with Crippen molar-refractivity contribution in [3.63, 3.8) is 0 Å². The standard InChI is InChI=1S/C48H30N2O/c1-3-12-31(13-4-1)34-22-25-38-47(30-34)51-46-21-11-20-45(48(38)46)50-42-19-10-8-17-37(42)40-29-33(24-27-44(40)50)32-23-26-43-39(28-32)36-16-7-9-18-41(36)49(43)35-14-5-2-6-15-35/h1-30H/i1D,2D,3D,4D,5D,6D,7D,8D,9D,10D,11D,12D,13D,14D,15D,16D,17D,18D,19D,20D,21D,22D,23D,24D,25D,26D,27D,28D,29D,30D. The highest BCUT2D eigenvalue weighted by Crippen LogP contribution is 2.41. The minimum absolute atomic E-state index is 0.561. The second kappa shape index (κ2) is 10.8. The highest BCUT2D eigenvalue weighted by molar-refractivity contribution is 6.16. The quantitative estimate of drug-likeness (QED) is 0.181. The van der Waals surface area contributed by atoms with Crippen molar-refractivity contribution in [2.75, 3.05) is 0 Å². The van der Waals surface area contributed by atoms with Crippen molar-refractivity contribution in [1.29, 1.82) is 0 Å². The molecule has 3 nitrogen and oxygen atoms in total. The molecule has 0 spiro atoms. The van der Waals surface area contributed by atoms with Crippen LogP contribution in [0, 0.1) is 0 Å². The molecule has 51 heavy (non-hydrogen) atoms. The van der Waals surface area contributed by atoms with Gasteiger partial charge in [0, 0.05) is 32.6 Å². The first-order chi connectivity index (χ1) is 37.8. The molecule has 238 valence electrons. The lowest BCUT2D eigenvalue weighted by molar-refractivity contribution is 0.669. The summed E-state index contributed by atoms with van der Waals surface area (Å²) in [6.45, 7) is 0. The molecule has 0 radical (unpaired) electrons. The Bertz CT molecular complexity index is 4820. The van der Waals surface area contributed by atoms with Gasteiger partial charge in [0.15, 0.2) is 0 Å². The van der Waals surface area contributed by atoms with Crippen molar-refractivity contribution in [2.45, 2.75) is 0 Å². The lowest BCUT2D eigenvalue weighted by Crippen LogP contribution is -1.94. The third-order valence-corrected chi connectivity index (χ3v) is 8.30. The number of fused-ring (bicyclic) bond motifs is 9. The zero-order valence-corrected chi connectivity index (χ0v) is 25.3. The van der Waals surface area contributed by atoms with E-state index in [1.807, 2.05) is 0 Å². The lowest BCUT2D eigenvalue weighted by Gasteiger charge is -2.10. The fraction of sp³-hybridized carbons (Fsp3) is 0. The average molecular weight is 681 g/mol. The van der Waals surface area contributed by atoms with Gasteiger partial charge in [-0.3, -0.25) is 0 Å². The van der Waals surface area contributed by atoms with E-state index in [0.29, 0.717) is 0 Å². The Morgan fingerprint density at radius 1 is 0.353 bits per heavy atom. The normalized spacial score (nSPS) is 20.2. The highest BCUT2D eigenvalue weighted by Gasteiger charge is 2.19. The maximum atomic E-state index is 9.95. The van der Waals surface area contributed by atoms with Crippen molar-refractivity contribution in [2.24, 2.45) is 0 Å². The smallest absolute Gasteiger partial charge is 0.137 e. The van der Waals surface area contributed by atoms with E-state index in [0.717, 1.165) is 9.13 Å². The first-order valence-electron chi connectivity index (χ1n) is 30.0. The van der Waals surface area contributed by atoms with E-state index in [1.54, 1.807) is 0 Å². The molecule has 0 atom stereocenters. The van der Waals surface area contributed by atoms with Gasteiger partial charge in [0.2, 0.25) is 0 Å². The molecule has 0 fully saturated rings. The summed E-state index contributed by atoms with van der Waals surface area (Å²) < 4.78 is 277. The summed E-state index contributed by atoms with van der Waals surface area (Å²) in [6.07, 6.45) is 0. The van der Waals surface area contributed by atoms with Crippen molar-refractivity contribution < 1.29 is 45.5 Å². The van der Waals surface area contributed by atoms with Gasteiger partial charge in [0.1, 0.15) is 11.2 Å². The molecule has 3 aromatic heterocycles. The van der Waals surface area contributed by atoms with Crippen LogP contribution in [0.3, 0.4) is 0 Å². The number of aromatic nitrogens is 2. The highest BCUT2D eigenvalue weighted by atomic mass is 16.3. The number of para-hydroxylation sites is 3. The second-order valence-electron chi connectivity index (χ2n) is 11.0. The van der Waals surface area contributed by atoms with Crippen LogP contribution in [0.25, 0.3) is 99.2 Å². The predicted octanol–water partition coefficient (Wildman–Crippen LogP) is 13.1. The van der Waals surface area contributed by atoms with Crippen LogP contribution >= 0.6 is 0 Å². The van der Waals surface area contributed by atoms with Crippen LogP contribution in [0.4, 0.5) is 0 Å². The van der Waals surface area contributed by atoms with Crippen LogP contribution in [0.1, 0.15) is 41.1 Å². The van der Waals surface area contributed by atoms with E-state index in [1.165, 1.54) is 0 Å². The van der Waals surface area contributed by atoms with Crippen molar-refractivity contribution >= 4 is 65.6 Å². The third kappa shape index (κ3) is 4.19. The maximum Gasteiger partial charge on any atom is 0.137 e. The van der Waals surface area contributed by atoms with Gasteiger partial charge in [-0.2, -0.15) is 0 Å². The summed E-state index contributed by atoms with van der Waals surface area (Å²) >= 11 is 0. The third-order valence-electron chi connectivity index (χ3n) is 8.30. The number of benzene rings is 8. The Morgan fingerprint density at radius 3 is 1.61 bits per heavy atom. The van der Waals surface area contributed by atoms with E-state index < -0.39 is 280 Å². The Hall–Kier alpha value is -6.84. The molecule has 0 N–H and O–H groups in total. The number of hydrogen-bond donors (Lipinski definition) is 0. The van der Waals surface area contributed by atoms with Crippen LogP contribution in [0.2, 0.25) is 0 Å². The first kappa shape index (κ1) is 11.6. The Morgan fingerprint density at radius 2 is 0.902 bits per heavy atom. The molecule has 0 amide bonds. The summed E-state index contributed by atoms with van der Waals surface area (Å²) in [4.78, 5) is 0. The van der Waals surface area contributed by atoms with E-state index >= 15 is 0 Å². The number of hydrogen-bond acceptors (Lipinski definition) is 1. The SMILES string of the molecule is [2H]c1c([2H])c([2H])c(-c2c([2H])c([2H])c3c(oc4c([2H])c([2H])c([2H])c(-n5c6c([2H])c([2H])c([2H])c([2H])c6c6c([2H])c(-c7c([2H])c([2H])c8c(c7[2H])c7c([2H])c([2H])c([2H])c([2H])c7n8-c7c([2H])c([2H])c([2H])c([2H])c7[2H])c([2H])c([2H])c65)c43)c2[2H])c([2H])c1[2H]. The molecule has 8 aromatic carbocycles. The van der Waals surface area contributed by atoms with E-state index in [-0.39, 0.29) is 0 Å². The van der Waals surface area contributed by atoms with Crippen molar-refractivity contribution in [1.82, 2.24) is 9.13 Å². The zero-order chi connectivity index (χ0) is 59.6. The Labute approximate surface area is 336 Å². The zero-order valence-electron chi connectivity index (χ0n) is 55.3. The molecule has 0 aliphatic heterocycles. The molecule has 0 aliphatic carbocycles. The van der Waals surface area contributed by atoms with Gasteiger partial charge >= 0.3 is 0 Å². The molecule has 11 aromatic rings. The van der Waals surface area contributed by atoms with Gasteiger partial charge in [0.25, 0.3) is 0 Å². The Kier molecular flexibility index (Phi) is 2.47. The molecule has 0 bridgehead atoms. The average Bonchev–Trinajstić information content (AvgIpc) is 4.25. The second-order valence-corrected chi connectivity index (χ2v) is 11.0. The summed E-state index contributed by atoms with van der Waals surface area (Å²) in [5.74, 6) is 0.